The van der Waals surface area contributed by atoms with E-state index in [0.29, 0.717) is 28.7 Å². The molecule has 2 aromatic carbocycles. The van der Waals surface area contributed by atoms with Crippen molar-refractivity contribution >= 4 is 41.0 Å². The second-order valence-corrected chi connectivity index (χ2v) is 8.30. The van der Waals surface area contributed by atoms with E-state index in [4.69, 9.17) is 11.6 Å². The zero-order valence-electron chi connectivity index (χ0n) is 18.2. The van der Waals surface area contributed by atoms with Gasteiger partial charge in [0.05, 0.1) is 5.69 Å². The molecule has 1 saturated heterocycles. The maximum atomic E-state index is 6.00. The van der Waals surface area contributed by atoms with Crippen molar-refractivity contribution in [2.24, 2.45) is 0 Å². The molecular formula is C23H24ClN9. The van der Waals surface area contributed by atoms with Crippen LogP contribution < -0.4 is 15.5 Å². The number of halogens is 1. The van der Waals surface area contributed by atoms with Gasteiger partial charge in [-0.25, -0.2) is 0 Å². The van der Waals surface area contributed by atoms with Crippen LogP contribution in [0.3, 0.4) is 0 Å². The van der Waals surface area contributed by atoms with E-state index < -0.39 is 0 Å². The van der Waals surface area contributed by atoms with Crippen LogP contribution in [0.25, 0.3) is 11.3 Å². The number of para-hydroxylation sites is 1. The summed E-state index contributed by atoms with van der Waals surface area (Å²) in [6.07, 6.45) is 0. The van der Waals surface area contributed by atoms with E-state index in [1.165, 1.54) is 0 Å². The standard InChI is InChI=1S/C23H24ClN9/c1-32-11-13-33(14-12-32)23-28-21(25-18-5-3-2-4-6-18)27-22(29-23)26-20-15-19(30-31-20)16-7-9-17(24)10-8-16/h2-10,15H,11-14H2,1H3,(H3,25,26,27,28,29,30,31). The van der Waals surface area contributed by atoms with Crippen molar-refractivity contribution in [3.8, 4) is 11.3 Å². The summed E-state index contributed by atoms with van der Waals surface area (Å²) in [5.74, 6) is 2.14. The fourth-order valence-electron chi connectivity index (χ4n) is 3.55. The average molecular weight is 462 g/mol. The van der Waals surface area contributed by atoms with Gasteiger partial charge in [-0.3, -0.25) is 5.10 Å². The first-order valence-electron chi connectivity index (χ1n) is 10.7. The zero-order valence-corrected chi connectivity index (χ0v) is 18.9. The highest BCUT2D eigenvalue weighted by Crippen LogP contribution is 2.24. The lowest BCUT2D eigenvalue weighted by molar-refractivity contribution is 0.311. The minimum atomic E-state index is 0.423. The van der Waals surface area contributed by atoms with Gasteiger partial charge in [-0.15, -0.1) is 0 Å². The van der Waals surface area contributed by atoms with Gasteiger partial charge in [-0.05, 0) is 36.9 Å². The van der Waals surface area contributed by atoms with E-state index in [0.717, 1.165) is 43.1 Å². The second-order valence-electron chi connectivity index (χ2n) is 7.86. The molecule has 0 spiro atoms. The molecule has 0 aliphatic carbocycles. The highest BCUT2D eigenvalue weighted by atomic mass is 35.5. The van der Waals surface area contributed by atoms with Crippen molar-refractivity contribution in [3.63, 3.8) is 0 Å². The molecule has 1 aliphatic heterocycles. The number of rotatable bonds is 6. The molecule has 3 heterocycles. The Kier molecular flexibility index (Phi) is 6.05. The van der Waals surface area contributed by atoms with E-state index in [-0.39, 0.29) is 0 Å². The first kappa shape index (κ1) is 21.2. The Morgan fingerprint density at radius 1 is 0.848 bits per heavy atom. The van der Waals surface area contributed by atoms with Crippen molar-refractivity contribution < 1.29 is 0 Å². The smallest absolute Gasteiger partial charge is 0.235 e. The van der Waals surface area contributed by atoms with E-state index in [2.05, 4.69) is 52.6 Å². The molecule has 9 nitrogen and oxygen atoms in total. The number of aromatic amines is 1. The van der Waals surface area contributed by atoms with Crippen LogP contribution in [0.5, 0.6) is 0 Å². The van der Waals surface area contributed by atoms with Gasteiger partial charge < -0.3 is 20.4 Å². The van der Waals surface area contributed by atoms with Crippen LogP contribution in [0.2, 0.25) is 5.02 Å². The SMILES string of the molecule is CN1CCN(c2nc(Nc3ccccc3)nc(Nc3cc(-c4ccc(Cl)cc4)[nH]n3)n2)CC1. The Balaban J connectivity index is 1.41. The molecule has 5 rings (SSSR count). The molecule has 1 aliphatic rings. The van der Waals surface area contributed by atoms with Crippen LogP contribution in [-0.2, 0) is 0 Å². The van der Waals surface area contributed by atoms with E-state index in [1.807, 2.05) is 60.7 Å². The highest BCUT2D eigenvalue weighted by Gasteiger charge is 2.19. The molecule has 0 atom stereocenters. The third-order valence-corrected chi connectivity index (χ3v) is 5.66. The molecule has 4 aromatic rings. The molecule has 2 aromatic heterocycles. The maximum Gasteiger partial charge on any atom is 0.235 e. The molecule has 168 valence electrons. The van der Waals surface area contributed by atoms with Crippen molar-refractivity contribution in [2.45, 2.75) is 0 Å². The van der Waals surface area contributed by atoms with E-state index in [9.17, 15) is 0 Å². The van der Waals surface area contributed by atoms with Gasteiger partial charge in [0.25, 0.3) is 0 Å². The number of piperazine rings is 1. The summed E-state index contributed by atoms with van der Waals surface area (Å²) in [4.78, 5) is 18.4. The number of H-pyrrole nitrogens is 1. The summed E-state index contributed by atoms with van der Waals surface area (Å²) < 4.78 is 0. The normalized spacial score (nSPS) is 14.3. The third kappa shape index (κ3) is 5.21. The van der Waals surface area contributed by atoms with E-state index >= 15 is 0 Å². The molecule has 0 bridgehead atoms. The molecule has 33 heavy (non-hydrogen) atoms. The summed E-state index contributed by atoms with van der Waals surface area (Å²) in [6, 6.07) is 19.3. The Morgan fingerprint density at radius 3 is 2.27 bits per heavy atom. The van der Waals surface area contributed by atoms with Crippen LogP contribution in [-0.4, -0.2) is 63.3 Å². The second kappa shape index (κ2) is 9.43. The van der Waals surface area contributed by atoms with Crippen molar-refractivity contribution in [1.29, 1.82) is 0 Å². The number of aromatic nitrogens is 5. The van der Waals surface area contributed by atoms with Gasteiger partial charge >= 0.3 is 0 Å². The van der Waals surface area contributed by atoms with Crippen molar-refractivity contribution in [1.82, 2.24) is 30.0 Å². The van der Waals surface area contributed by atoms with Crippen LogP contribution in [0.15, 0.2) is 60.7 Å². The highest BCUT2D eigenvalue weighted by molar-refractivity contribution is 6.30. The summed E-state index contributed by atoms with van der Waals surface area (Å²) in [5.41, 5.74) is 2.76. The Labute approximate surface area is 196 Å². The zero-order chi connectivity index (χ0) is 22.6. The monoisotopic (exact) mass is 461 g/mol. The summed E-state index contributed by atoms with van der Waals surface area (Å²) in [5, 5.41) is 14.6. The third-order valence-electron chi connectivity index (χ3n) is 5.41. The predicted molar refractivity (Wildman–Crippen MR) is 132 cm³/mol. The van der Waals surface area contributed by atoms with Gasteiger partial charge in [-0.1, -0.05) is 41.9 Å². The molecule has 0 unspecified atom stereocenters. The molecule has 1 fully saturated rings. The number of hydrogen-bond acceptors (Lipinski definition) is 8. The van der Waals surface area contributed by atoms with Gasteiger partial charge in [0.1, 0.15) is 0 Å². The molecule has 0 amide bonds. The summed E-state index contributed by atoms with van der Waals surface area (Å²) in [7, 11) is 2.12. The van der Waals surface area contributed by atoms with Crippen molar-refractivity contribution in [2.75, 3.05) is 48.8 Å². The quantitative estimate of drug-likeness (QED) is 0.394. The first-order chi connectivity index (χ1) is 16.1. The summed E-state index contributed by atoms with van der Waals surface area (Å²) >= 11 is 6.00. The van der Waals surface area contributed by atoms with Crippen LogP contribution in [0.1, 0.15) is 0 Å². The molecule has 3 N–H and O–H groups in total. The fraction of sp³-hybridized carbons (Fsp3) is 0.217. The molecule has 10 heteroatoms. The minimum Gasteiger partial charge on any atom is -0.338 e. The van der Waals surface area contributed by atoms with Gasteiger partial charge in [0.2, 0.25) is 17.8 Å². The van der Waals surface area contributed by atoms with Gasteiger partial charge in [0, 0.05) is 43.0 Å². The van der Waals surface area contributed by atoms with Crippen LogP contribution in [0.4, 0.5) is 29.4 Å². The van der Waals surface area contributed by atoms with Crippen LogP contribution in [0, 0.1) is 0 Å². The Morgan fingerprint density at radius 2 is 1.55 bits per heavy atom. The average Bonchev–Trinajstić information content (AvgIpc) is 3.29. The lowest BCUT2D eigenvalue weighted by Crippen LogP contribution is -2.45. The maximum absolute atomic E-state index is 6.00. The van der Waals surface area contributed by atoms with E-state index in [1.54, 1.807) is 0 Å². The van der Waals surface area contributed by atoms with Crippen LogP contribution >= 0.6 is 11.6 Å². The number of hydrogen-bond donors (Lipinski definition) is 3. The molecular weight excluding hydrogens is 438 g/mol. The first-order valence-corrected chi connectivity index (χ1v) is 11.1. The molecule has 0 saturated carbocycles. The molecule has 0 radical (unpaired) electrons. The predicted octanol–water partition coefficient (Wildman–Crippen LogP) is 4.15. The topological polar surface area (TPSA) is 97.9 Å². The summed E-state index contributed by atoms with van der Waals surface area (Å²) in [6.45, 7) is 3.63. The lowest BCUT2D eigenvalue weighted by atomic mass is 10.1. The lowest BCUT2D eigenvalue weighted by Gasteiger charge is -2.32. The number of likely N-dealkylation sites (N-methyl/N-ethyl adjacent to an activating group) is 1. The Bertz CT molecular complexity index is 1200. The fourth-order valence-corrected chi connectivity index (χ4v) is 3.68. The number of anilines is 5. The van der Waals surface area contributed by atoms with Crippen molar-refractivity contribution in [3.05, 3.63) is 65.7 Å². The number of nitrogens with zero attached hydrogens (tertiary/aromatic N) is 6. The minimum absolute atomic E-state index is 0.423. The van der Waals surface area contributed by atoms with Gasteiger partial charge in [-0.2, -0.15) is 20.1 Å². The Hall–Kier alpha value is -3.69. The number of nitrogens with one attached hydrogen (secondary N) is 3. The number of benzene rings is 2. The van der Waals surface area contributed by atoms with Gasteiger partial charge in [0.15, 0.2) is 5.82 Å². The largest absolute Gasteiger partial charge is 0.338 e.